The fourth-order valence-corrected chi connectivity index (χ4v) is 2.92. The summed E-state index contributed by atoms with van der Waals surface area (Å²) >= 11 is 0. The van der Waals surface area contributed by atoms with Crippen LogP contribution in [0.25, 0.3) is 0 Å². The molecular weight excluding hydrogens is 350 g/mol. The van der Waals surface area contributed by atoms with E-state index in [-0.39, 0.29) is 11.8 Å². The maximum Gasteiger partial charge on any atom is 0.258 e. The van der Waals surface area contributed by atoms with E-state index in [2.05, 4.69) is 17.6 Å². The first-order valence-corrected chi connectivity index (χ1v) is 10.1. The summed E-state index contributed by atoms with van der Waals surface area (Å²) < 4.78 is 0. The Morgan fingerprint density at radius 2 is 1.57 bits per heavy atom. The second kappa shape index (κ2) is 11.9. The Hall–Kier alpha value is -2.66. The summed E-state index contributed by atoms with van der Waals surface area (Å²) in [5.74, 6) is -0.164. The van der Waals surface area contributed by atoms with E-state index in [1.54, 1.807) is 36.2 Å². The van der Waals surface area contributed by atoms with Crippen LogP contribution in [0.1, 0.15) is 49.4 Å². The summed E-state index contributed by atoms with van der Waals surface area (Å²) in [6.07, 6.45) is 6.08. The minimum Gasteiger partial charge on any atom is -0.325 e. The monoisotopic (exact) mass is 381 g/mol. The third kappa shape index (κ3) is 7.16. The van der Waals surface area contributed by atoms with Crippen LogP contribution in [-0.2, 0) is 4.79 Å². The Labute approximate surface area is 168 Å². The van der Waals surface area contributed by atoms with Crippen molar-refractivity contribution in [1.82, 2.24) is 5.32 Å². The van der Waals surface area contributed by atoms with E-state index in [1.807, 2.05) is 30.3 Å². The zero-order chi connectivity index (χ0) is 20.2. The zero-order valence-electron chi connectivity index (χ0n) is 16.9. The van der Waals surface area contributed by atoms with Crippen LogP contribution < -0.4 is 15.5 Å². The summed E-state index contributed by atoms with van der Waals surface area (Å²) in [6, 6.07) is 16.5. The van der Waals surface area contributed by atoms with E-state index in [0.29, 0.717) is 17.8 Å². The van der Waals surface area contributed by atoms with Gasteiger partial charge in [-0.3, -0.25) is 9.59 Å². The van der Waals surface area contributed by atoms with Crippen molar-refractivity contribution in [3.8, 4) is 0 Å². The van der Waals surface area contributed by atoms with E-state index in [9.17, 15) is 9.59 Å². The van der Waals surface area contributed by atoms with Gasteiger partial charge in [-0.1, -0.05) is 50.8 Å². The minimum atomic E-state index is -0.0891. The van der Waals surface area contributed by atoms with Gasteiger partial charge in [0, 0.05) is 24.0 Å². The molecule has 0 radical (unpaired) electrons. The SMILES string of the molecule is CCCCCCCNCC(=O)Nc1ccc(C(=O)N(C)c2ccccc2)cc1. The third-order valence-electron chi connectivity index (χ3n) is 4.61. The van der Waals surface area contributed by atoms with Gasteiger partial charge in [-0.05, 0) is 49.4 Å². The molecule has 0 aliphatic heterocycles. The van der Waals surface area contributed by atoms with Crippen molar-refractivity contribution in [2.75, 3.05) is 30.4 Å². The largest absolute Gasteiger partial charge is 0.325 e. The first-order valence-electron chi connectivity index (χ1n) is 10.1. The van der Waals surface area contributed by atoms with Crippen molar-refractivity contribution in [3.63, 3.8) is 0 Å². The van der Waals surface area contributed by atoms with E-state index in [1.165, 1.54) is 25.7 Å². The van der Waals surface area contributed by atoms with Gasteiger partial charge < -0.3 is 15.5 Å². The Bertz CT molecular complexity index is 729. The van der Waals surface area contributed by atoms with E-state index < -0.39 is 0 Å². The van der Waals surface area contributed by atoms with Crippen LogP contribution in [0.5, 0.6) is 0 Å². The van der Waals surface area contributed by atoms with E-state index in [0.717, 1.165) is 18.7 Å². The number of benzene rings is 2. The van der Waals surface area contributed by atoms with Crippen molar-refractivity contribution >= 4 is 23.2 Å². The van der Waals surface area contributed by atoms with Gasteiger partial charge in [-0.25, -0.2) is 0 Å². The molecule has 2 aromatic carbocycles. The lowest BCUT2D eigenvalue weighted by Crippen LogP contribution is -2.29. The molecule has 0 bridgehead atoms. The smallest absolute Gasteiger partial charge is 0.258 e. The molecule has 150 valence electrons. The molecule has 5 heteroatoms. The molecular formula is C23H31N3O2. The van der Waals surface area contributed by atoms with Crippen LogP contribution in [0.4, 0.5) is 11.4 Å². The highest BCUT2D eigenvalue weighted by atomic mass is 16.2. The fraction of sp³-hybridized carbons (Fsp3) is 0.391. The number of rotatable bonds is 11. The standard InChI is InChI=1S/C23H31N3O2/c1-3-4-5-6-10-17-24-18-22(27)25-20-15-13-19(14-16-20)23(28)26(2)21-11-8-7-9-12-21/h7-9,11-16,24H,3-6,10,17-18H2,1-2H3,(H,25,27). The Morgan fingerprint density at radius 3 is 2.25 bits per heavy atom. The van der Waals surface area contributed by atoms with Gasteiger partial charge in [0.2, 0.25) is 5.91 Å². The van der Waals surface area contributed by atoms with Crippen molar-refractivity contribution in [2.24, 2.45) is 0 Å². The highest BCUT2D eigenvalue weighted by Crippen LogP contribution is 2.16. The number of nitrogens with one attached hydrogen (secondary N) is 2. The first-order chi connectivity index (χ1) is 13.6. The summed E-state index contributed by atoms with van der Waals surface area (Å²) in [6.45, 7) is 3.36. The van der Waals surface area contributed by atoms with Gasteiger partial charge in [0.25, 0.3) is 5.91 Å². The highest BCUT2D eigenvalue weighted by Gasteiger charge is 2.13. The van der Waals surface area contributed by atoms with Crippen molar-refractivity contribution in [3.05, 3.63) is 60.2 Å². The van der Waals surface area contributed by atoms with Gasteiger partial charge >= 0.3 is 0 Å². The molecule has 0 aliphatic rings. The molecule has 0 heterocycles. The second-order valence-corrected chi connectivity index (χ2v) is 6.92. The molecule has 2 aromatic rings. The summed E-state index contributed by atoms with van der Waals surface area (Å²) in [7, 11) is 1.75. The van der Waals surface area contributed by atoms with Gasteiger partial charge in [0.15, 0.2) is 0 Å². The summed E-state index contributed by atoms with van der Waals surface area (Å²) in [4.78, 5) is 26.2. The number of anilines is 2. The fourth-order valence-electron chi connectivity index (χ4n) is 2.92. The van der Waals surface area contributed by atoms with E-state index in [4.69, 9.17) is 0 Å². The molecule has 0 fully saturated rings. The molecule has 2 rings (SSSR count). The normalized spacial score (nSPS) is 10.5. The number of hydrogen-bond acceptors (Lipinski definition) is 3. The lowest BCUT2D eigenvalue weighted by atomic mass is 10.1. The summed E-state index contributed by atoms with van der Waals surface area (Å²) in [5, 5.41) is 6.03. The van der Waals surface area contributed by atoms with Crippen LogP contribution >= 0.6 is 0 Å². The highest BCUT2D eigenvalue weighted by molar-refractivity contribution is 6.06. The maximum atomic E-state index is 12.6. The lowest BCUT2D eigenvalue weighted by molar-refractivity contribution is -0.115. The Kier molecular flexibility index (Phi) is 9.22. The van der Waals surface area contributed by atoms with Gasteiger partial charge in [0.05, 0.1) is 6.54 Å². The second-order valence-electron chi connectivity index (χ2n) is 6.92. The van der Waals surface area contributed by atoms with Gasteiger partial charge in [-0.15, -0.1) is 0 Å². The number of amides is 2. The zero-order valence-corrected chi connectivity index (χ0v) is 16.9. The van der Waals surface area contributed by atoms with Crippen molar-refractivity contribution < 1.29 is 9.59 Å². The van der Waals surface area contributed by atoms with Crippen LogP contribution in [-0.4, -0.2) is 32.0 Å². The maximum absolute atomic E-state index is 12.6. The van der Waals surface area contributed by atoms with Gasteiger partial charge in [-0.2, -0.15) is 0 Å². The quantitative estimate of drug-likeness (QED) is 0.565. The molecule has 0 saturated carbocycles. The molecule has 0 spiro atoms. The van der Waals surface area contributed by atoms with Crippen LogP contribution in [0.3, 0.4) is 0 Å². The molecule has 28 heavy (non-hydrogen) atoms. The molecule has 0 atom stereocenters. The number of nitrogens with zero attached hydrogens (tertiary/aromatic N) is 1. The molecule has 0 aliphatic carbocycles. The number of unbranched alkanes of at least 4 members (excludes halogenated alkanes) is 4. The molecule has 0 unspecified atom stereocenters. The van der Waals surface area contributed by atoms with Crippen molar-refractivity contribution in [2.45, 2.75) is 39.0 Å². The predicted molar refractivity (Wildman–Crippen MR) is 116 cm³/mol. The number of para-hydroxylation sites is 1. The molecule has 0 saturated heterocycles. The van der Waals surface area contributed by atoms with E-state index >= 15 is 0 Å². The van der Waals surface area contributed by atoms with Crippen molar-refractivity contribution in [1.29, 1.82) is 0 Å². The Morgan fingerprint density at radius 1 is 0.893 bits per heavy atom. The minimum absolute atomic E-state index is 0.0750. The molecule has 2 amide bonds. The third-order valence-corrected chi connectivity index (χ3v) is 4.61. The lowest BCUT2D eigenvalue weighted by Gasteiger charge is -2.17. The molecule has 0 aromatic heterocycles. The summed E-state index contributed by atoms with van der Waals surface area (Å²) in [5.41, 5.74) is 2.11. The molecule has 2 N–H and O–H groups in total. The van der Waals surface area contributed by atoms with Crippen LogP contribution in [0.15, 0.2) is 54.6 Å². The topological polar surface area (TPSA) is 61.4 Å². The van der Waals surface area contributed by atoms with Crippen LogP contribution in [0, 0.1) is 0 Å². The average Bonchev–Trinajstić information content (AvgIpc) is 2.73. The predicted octanol–water partition coefficient (Wildman–Crippen LogP) is 4.46. The Balaban J connectivity index is 1.76. The molecule has 5 nitrogen and oxygen atoms in total. The number of hydrogen-bond donors (Lipinski definition) is 2. The number of carbonyl (C=O) groups excluding carboxylic acids is 2. The van der Waals surface area contributed by atoms with Crippen LogP contribution in [0.2, 0.25) is 0 Å². The first kappa shape index (κ1) is 21.6. The van der Waals surface area contributed by atoms with Gasteiger partial charge in [0.1, 0.15) is 0 Å². The average molecular weight is 382 g/mol. The number of carbonyl (C=O) groups is 2.